The van der Waals surface area contributed by atoms with Crippen molar-refractivity contribution in [3.63, 3.8) is 0 Å². The molecule has 2 aliphatic rings. The highest BCUT2D eigenvalue weighted by molar-refractivity contribution is 7.92. The number of sulfonamides is 1. The monoisotopic (exact) mass is 406 g/mol. The summed E-state index contributed by atoms with van der Waals surface area (Å²) in [6.07, 6.45) is 3.34. The molecule has 1 N–H and O–H groups in total. The molecule has 2 aromatic heterocycles. The zero-order valence-corrected chi connectivity index (χ0v) is 17.4. The Kier molecular flexibility index (Phi) is 4.27. The van der Waals surface area contributed by atoms with Gasteiger partial charge in [0.05, 0.1) is 33.1 Å². The van der Waals surface area contributed by atoms with Gasteiger partial charge in [-0.15, -0.1) is 11.3 Å². The van der Waals surface area contributed by atoms with Crippen LogP contribution >= 0.6 is 11.3 Å². The molecular weight excluding hydrogens is 384 g/mol. The van der Waals surface area contributed by atoms with Gasteiger partial charge in [0, 0.05) is 12.6 Å². The molecule has 27 heavy (non-hydrogen) atoms. The first-order valence-electron chi connectivity index (χ1n) is 8.91. The zero-order valence-electron chi connectivity index (χ0n) is 15.7. The highest BCUT2D eigenvalue weighted by Crippen LogP contribution is 2.41. The molecule has 2 aromatic rings. The third-order valence-corrected chi connectivity index (χ3v) is 6.79. The quantitative estimate of drug-likeness (QED) is 0.824. The van der Waals surface area contributed by atoms with E-state index in [2.05, 4.69) is 21.6 Å². The molecule has 3 heterocycles. The van der Waals surface area contributed by atoms with E-state index >= 15 is 0 Å². The maximum atomic E-state index is 13.0. The van der Waals surface area contributed by atoms with Gasteiger partial charge in [-0.05, 0) is 51.2 Å². The van der Waals surface area contributed by atoms with Crippen molar-refractivity contribution in [3.05, 3.63) is 27.9 Å². The number of thiazole rings is 1. The van der Waals surface area contributed by atoms with Gasteiger partial charge in [0.25, 0.3) is 5.91 Å². The lowest BCUT2D eigenvalue weighted by molar-refractivity contribution is 0.0698. The number of nitrogens with zero attached hydrogens (tertiary/aromatic N) is 3. The van der Waals surface area contributed by atoms with Crippen LogP contribution in [0.1, 0.15) is 46.4 Å². The molecule has 7 nitrogen and oxygen atoms in total. The van der Waals surface area contributed by atoms with Crippen LogP contribution in [-0.2, 0) is 16.6 Å². The average molecular weight is 407 g/mol. The normalized spacial score (nSPS) is 17.9. The number of carbonyl (C=O) groups is 1. The van der Waals surface area contributed by atoms with Gasteiger partial charge in [-0.3, -0.25) is 9.52 Å². The lowest BCUT2D eigenvalue weighted by Crippen LogP contribution is -2.35. The lowest BCUT2D eigenvalue weighted by Gasteiger charge is -2.24. The van der Waals surface area contributed by atoms with Crippen LogP contribution in [0, 0.1) is 19.8 Å². The Morgan fingerprint density at radius 1 is 1.30 bits per heavy atom. The van der Waals surface area contributed by atoms with Crippen molar-refractivity contribution in [2.45, 2.75) is 46.2 Å². The van der Waals surface area contributed by atoms with E-state index in [9.17, 15) is 13.2 Å². The smallest absolute Gasteiger partial charge is 0.258 e. The van der Waals surface area contributed by atoms with E-state index in [1.807, 2.05) is 24.8 Å². The lowest BCUT2D eigenvalue weighted by atomic mass is 10.1. The van der Waals surface area contributed by atoms with Gasteiger partial charge in [0.15, 0.2) is 5.82 Å². The Morgan fingerprint density at radius 3 is 2.56 bits per heavy atom. The average Bonchev–Trinajstić information content (AvgIpc) is 3.27. The van der Waals surface area contributed by atoms with Crippen LogP contribution < -0.4 is 4.72 Å². The second-order valence-corrected chi connectivity index (χ2v) is 10.4. The highest BCUT2D eigenvalue weighted by atomic mass is 32.2. The number of anilines is 1. The van der Waals surface area contributed by atoms with Crippen molar-refractivity contribution in [1.29, 1.82) is 0 Å². The van der Waals surface area contributed by atoms with Crippen LogP contribution in [-0.4, -0.2) is 41.5 Å². The molecule has 9 heteroatoms. The van der Waals surface area contributed by atoms with Gasteiger partial charge < -0.3 is 4.90 Å². The molecule has 0 spiro atoms. The summed E-state index contributed by atoms with van der Waals surface area (Å²) in [6, 6.07) is 2.05. The van der Waals surface area contributed by atoms with E-state index < -0.39 is 10.0 Å². The molecule has 1 atom stereocenters. The number of aromatic nitrogens is 2. The van der Waals surface area contributed by atoms with Crippen molar-refractivity contribution < 1.29 is 13.2 Å². The summed E-state index contributed by atoms with van der Waals surface area (Å²) < 4.78 is 26.2. The fourth-order valence-corrected chi connectivity index (χ4v) is 5.04. The molecule has 1 aliphatic carbocycles. The topological polar surface area (TPSA) is 92.3 Å². The van der Waals surface area contributed by atoms with Gasteiger partial charge in [0.2, 0.25) is 10.0 Å². The number of carbonyl (C=O) groups excluding carboxylic acids is 1. The Bertz CT molecular complexity index is 1040. The molecule has 1 aliphatic heterocycles. The fraction of sp³-hybridized carbons (Fsp3) is 0.500. The third-order valence-electron chi connectivity index (χ3n) is 5.13. The second kappa shape index (κ2) is 6.27. The number of nitrogens with one attached hydrogen (secondary N) is 1. The molecule has 1 saturated carbocycles. The number of amides is 1. The van der Waals surface area contributed by atoms with E-state index in [0.29, 0.717) is 23.7 Å². The van der Waals surface area contributed by atoms with Crippen molar-refractivity contribution in [2.24, 2.45) is 5.92 Å². The molecule has 0 unspecified atom stereocenters. The van der Waals surface area contributed by atoms with Gasteiger partial charge in [-0.2, -0.15) is 0 Å². The van der Waals surface area contributed by atoms with Crippen LogP contribution in [0.4, 0.5) is 5.82 Å². The number of rotatable bonds is 5. The van der Waals surface area contributed by atoms with Gasteiger partial charge in [-0.1, -0.05) is 0 Å². The van der Waals surface area contributed by atoms with Crippen molar-refractivity contribution in [3.8, 4) is 10.6 Å². The molecular formula is C18H22N4O3S2. The third kappa shape index (κ3) is 3.45. The minimum absolute atomic E-state index is 0.117. The summed E-state index contributed by atoms with van der Waals surface area (Å²) in [5.74, 6) is 0.506. The number of hydrogen-bond acceptors (Lipinski definition) is 6. The van der Waals surface area contributed by atoms with Crippen LogP contribution in [0.15, 0.2) is 6.07 Å². The molecule has 0 aromatic carbocycles. The molecule has 1 fully saturated rings. The first-order valence-corrected chi connectivity index (χ1v) is 11.6. The van der Waals surface area contributed by atoms with E-state index in [1.54, 1.807) is 0 Å². The predicted molar refractivity (Wildman–Crippen MR) is 105 cm³/mol. The standard InChI is InChI=1S/C18H22N4O3S2/c1-9-16(26-11(3)19-9)14-7-13-8-22(10(2)12-5-6-12)18(23)15(13)17(20-14)21-27(4,24)25/h7,10,12H,5-6,8H2,1-4H3,(H,20,21)/t10-/m1/s1. The van der Waals surface area contributed by atoms with Crippen molar-refractivity contribution in [2.75, 3.05) is 11.0 Å². The minimum Gasteiger partial charge on any atom is -0.331 e. The zero-order chi connectivity index (χ0) is 19.5. The Balaban J connectivity index is 1.83. The maximum Gasteiger partial charge on any atom is 0.258 e. The van der Waals surface area contributed by atoms with Crippen LogP contribution in [0.2, 0.25) is 0 Å². The molecule has 0 bridgehead atoms. The van der Waals surface area contributed by atoms with Crippen LogP contribution in [0.5, 0.6) is 0 Å². The number of pyridine rings is 1. The largest absolute Gasteiger partial charge is 0.331 e. The van der Waals surface area contributed by atoms with E-state index in [1.165, 1.54) is 11.3 Å². The Morgan fingerprint density at radius 2 is 2.00 bits per heavy atom. The molecule has 144 valence electrons. The summed E-state index contributed by atoms with van der Waals surface area (Å²) in [5, 5.41) is 0.919. The first-order chi connectivity index (χ1) is 12.6. The molecule has 0 radical (unpaired) electrons. The summed E-state index contributed by atoms with van der Waals surface area (Å²) in [4.78, 5) is 24.7. The number of fused-ring (bicyclic) bond motifs is 1. The van der Waals surface area contributed by atoms with E-state index in [-0.39, 0.29) is 17.8 Å². The number of aryl methyl sites for hydroxylation is 2. The van der Waals surface area contributed by atoms with Crippen molar-refractivity contribution >= 4 is 33.1 Å². The summed E-state index contributed by atoms with van der Waals surface area (Å²) in [5.41, 5.74) is 2.68. The van der Waals surface area contributed by atoms with Gasteiger partial charge in [0.1, 0.15) is 0 Å². The first kappa shape index (κ1) is 18.4. The summed E-state index contributed by atoms with van der Waals surface area (Å²) >= 11 is 1.51. The maximum absolute atomic E-state index is 13.0. The van der Waals surface area contributed by atoms with Gasteiger partial charge >= 0.3 is 0 Å². The molecule has 4 rings (SSSR count). The van der Waals surface area contributed by atoms with E-state index in [0.717, 1.165) is 40.2 Å². The number of hydrogen-bond donors (Lipinski definition) is 1. The molecule has 0 saturated heterocycles. The predicted octanol–water partition coefficient (Wildman–Crippen LogP) is 2.95. The van der Waals surface area contributed by atoms with Gasteiger partial charge in [-0.25, -0.2) is 18.4 Å². The summed E-state index contributed by atoms with van der Waals surface area (Å²) in [6.45, 7) is 6.38. The minimum atomic E-state index is -3.56. The molecule has 1 amide bonds. The van der Waals surface area contributed by atoms with Crippen LogP contribution in [0.3, 0.4) is 0 Å². The second-order valence-electron chi connectivity index (χ2n) is 7.42. The van der Waals surface area contributed by atoms with Crippen LogP contribution in [0.25, 0.3) is 10.6 Å². The fourth-order valence-electron chi connectivity index (χ4n) is 3.66. The van der Waals surface area contributed by atoms with E-state index in [4.69, 9.17) is 0 Å². The SMILES string of the molecule is Cc1nc(C)c(-c2cc3c(c(NS(C)(=O)=O)n2)C(=O)N([C@H](C)C2CC2)C3)s1. The summed E-state index contributed by atoms with van der Waals surface area (Å²) in [7, 11) is -3.56. The highest BCUT2D eigenvalue weighted by Gasteiger charge is 2.40. The Labute approximate surface area is 162 Å². The van der Waals surface area contributed by atoms with Crippen molar-refractivity contribution in [1.82, 2.24) is 14.9 Å². The Hall–Kier alpha value is -2.00.